The molecule has 0 aliphatic heterocycles. The van der Waals surface area contributed by atoms with Crippen molar-refractivity contribution < 1.29 is 24.4 Å². The number of hydrogen-bond acceptors (Lipinski definition) is 4. The van der Waals surface area contributed by atoms with Gasteiger partial charge in [0.05, 0.1) is 7.11 Å². The molecule has 7 nitrogen and oxygen atoms in total. The van der Waals surface area contributed by atoms with Crippen LogP contribution in [0.2, 0.25) is 0 Å². The van der Waals surface area contributed by atoms with Crippen LogP contribution in [0, 0.1) is 0 Å². The van der Waals surface area contributed by atoms with Crippen LogP contribution >= 0.6 is 0 Å². The predicted molar refractivity (Wildman–Crippen MR) is 96.1 cm³/mol. The van der Waals surface area contributed by atoms with Gasteiger partial charge >= 0.3 is 0 Å². The van der Waals surface area contributed by atoms with Crippen molar-refractivity contribution in [3.8, 4) is 5.75 Å². The molecule has 0 unspecified atom stereocenters. The number of carboxylic acid groups (broad SMARTS) is 1. The van der Waals surface area contributed by atoms with E-state index in [-0.39, 0.29) is 12.3 Å². The van der Waals surface area contributed by atoms with Crippen molar-refractivity contribution in [2.75, 3.05) is 12.4 Å². The third-order valence-corrected chi connectivity index (χ3v) is 3.58. The number of hydrogen-bond donors (Lipinski definition) is 3. The van der Waals surface area contributed by atoms with Gasteiger partial charge in [-0.05, 0) is 43.2 Å². The fourth-order valence-corrected chi connectivity index (χ4v) is 2.31. The number of nitrogens with two attached hydrogens (primary N) is 1. The number of ether oxygens (including phenoxy) is 1. The second kappa shape index (κ2) is 9.22. The minimum absolute atomic E-state index is 0.0426. The lowest BCUT2D eigenvalue weighted by atomic mass is 10.2. The van der Waals surface area contributed by atoms with Gasteiger partial charge in [-0.1, -0.05) is 12.1 Å². The van der Waals surface area contributed by atoms with Crippen LogP contribution in [-0.2, 0) is 4.79 Å². The number of carbonyl (C=O) groups is 2. The number of amidine groups is 1. The number of aliphatic carboxylic acids is 1. The highest BCUT2D eigenvalue weighted by atomic mass is 16.5. The number of rotatable bonds is 8. The lowest BCUT2D eigenvalue weighted by Gasteiger charge is -2.07. The molecule has 0 aromatic heterocycles. The molecular weight excluding hydrogens is 334 g/mol. The number of amides is 1. The quantitative estimate of drug-likeness (QED) is 0.453. The summed E-state index contributed by atoms with van der Waals surface area (Å²) in [6, 6.07) is 13.9. The monoisotopic (exact) mass is 355 g/mol. The zero-order chi connectivity index (χ0) is 18.9. The molecule has 0 aliphatic carbocycles. The number of carboxylic acids is 1. The van der Waals surface area contributed by atoms with E-state index in [4.69, 9.17) is 10.5 Å². The van der Waals surface area contributed by atoms with E-state index >= 15 is 0 Å². The van der Waals surface area contributed by atoms with Crippen LogP contribution in [0.5, 0.6) is 5.75 Å². The zero-order valence-electron chi connectivity index (χ0n) is 14.5. The van der Waals surface area contributed by atoms with Crippen LogP contribution in [0.25, 0.3) is 0 Å². The largest absolute Gasteiger partial charge is 0.550 e. The Morgan fingerprint density at radius 1 is 1.15 bits per heavy atom. The molecule has 0 aliphatic rings. The molecule has 0 saturated carbocycles. The summed E-state index contributed by atoms with van der Waals surface area (Å²) in [7, 11) is 1.54. The van der Waals surface area contributed by atoms with Crippen molar-refractivity contribution in [2.24, 2.45) is 5.73 Å². The van der Waals surface area contributed by atoms with Gasteiger partial charge in [-0.2, -0.15) is 0 Å². The van der Waals surface area contributed by atoms with Gasteiger partial charge in [0.2, 0.25) is 5.84 Å². The molecule has 7 heteroatoms. The van der Waals surface area contributed by atoms with E-state index in [1.165, 1.54) is 0 Å². The minimum Gasteiger partial charge on any atom is -0.550 e. The molecule has 2 aromatic carbocycles. The first-order chi connectivity index (χ1) is 12.5. The fourth-order valence-electron chi connectivity index (χ4n) is 2.31. The summed E-state index contributed by atoms with van der Waals surface area (Å²) >= 11 is 0. The predicted octanol–water partition coefficient (Wildman–Crippen LogP) is -0.0630. The minimum atomic E-state index is -1.10. The van der Waals surface area contributed by atoms with Gasteiger partial charge in [-0.15, -0.1) is 0 Å². The summed E-state index contributed by atoms with van der Waals surface area (Å²) in [5.41, 5.74) is 7.64. The molecule has 0 bridgehead atoms. The lowest BCUT2D eigenvalue weighted by molar-refractivity contribution is -0.356. The molecule has 2 rings (SSSR count). The number of carbonyl (C=O) groups excluding carboxylic acids is 2. The van der Waals surface area contributed by atoms with Crippen LogP contribution in [0.1, 0.15) is 29.6 Å². The Morgan fingerprint density at radius 2 is 1.92 bits per heavy atom. The average Bonchev–Trinajstić information content (AvgIpc) is 2.61. The number of anilines is 1. The molecule has 0 heterocycles. The van der Waals surface area contributed by atoms with E-state index in [2.05, 4.69) is 10.3 Å². The van der Waals surface area contributed by atoms with Crippen LogP contribution in [0.4, 0.5) is 11.4 Å². The second-order valence-electron chi connectivity index (χ2n) is 5.64. The molecule has 0 spiro atoms. The SMILES string of the molecule is COc1cccc(C(=O)Nc2cccc([NH+]=C(N)CCCC(=O)[O-])c2)c1. The van der Waals surface area contributed by atoms with Crippen molar-refractivity contribution in [3.63, 3.8) is 0 Å². The van der Waals surface area contributed by atoms with E-state index in [0.29, 0.717) is 41.4 Å². The van der Waals surface area contributed by atoms with Crippen LogP contribution < -0.4 is 25.9 Å². The molecule has 2 aromatic rings. The maximum Gasteiger partial charge on any atom is 0.255 e. The summed E-state index contributed by atoms with van der Waals surface area (Å²) in [5.74, 6) is -0.304. The van der Waals surface area contributed by atoms with Gasteiger partial charge in [-0.3, -0.25) is 10.5 Å². The topological polar surface area (TPSA) is 118 Å². The average molecular weight is 355 g/mol. The molecule has 0 fully saturated rings. The van der Waals surface area contributed by atoms with Crippen molar-refractivity contribution in [1.82, 2.24) is 0 Å². The Kier molecular flexibility index (Phi) is 6.73. The van der Waals surface area contributed by atoms with Gasteiger partial charge in [0.1, 0.15) is 11.4 Å². The Morgan fingerprint density at radius 3 is 2.65 bits per heavy atom. The summed E-state index contributed by atoms with van der Waals surface area (Å²) in [5, 5.41) is 13.2. The highest BCUT2D eigenvalue weighted by molar-refractivity contribution is 6.04. The van der Waals surface area contributed by atoms with Crippen LogP contribution in [-0.4, -0.2) is 24.8 Å². The van der Waals surface area contributed by atoms with E-state index in [1.54, 1.807) is 55.6 Å². The third kappa shape index (κ3) is 5.94. The Bertz CT molecular complexity index is 818. The van der Waals surface area contributed by atoms with Gasteiger partial charge in [0.25, 0.3) is 5.91 Å². The number of methoxy groups -OCH3 is 1. The Hall–Kier alpha value is -3.35. The maximum absolute atomic E-state index is 12.3. The molecular formula is C19H21N3O4. The number of benzene rings is 2. The van der Waals surface area contributed by atoms with E-state index in [1.807, 2.05) is 0 Å². The van der Waals surface area contributed by atoms with Gasteiger partial charge in [0, 0.05) is 29.7 Å². The molecule has 0 radical (unpaired) electrons. The first-order valence-corrected chi connectivity index (χ1v) is 8.11. The van der Waals surface area contributed by atoms with E-state index < -0.39 is 5.97 Å². The standard InChI is InChI=1S/C19H21N3O4/c1-26-16-8-2-5-13(11-16)19(25)22-15-7-3-6-14(12-15)21-17(20)9-4-10-18(23)24/h2-3,5-8,11-12H,4,9-10H2,1H3,(H2,20,21)(H,22,25)(H,23,24). The van der Waals surface area contributed by atoms with Crippen molar-refractivity contribution in [2.45, 2.75) is 19.3 Å². The molecule has 136 valence electrons. The lowest BCUT2D eigenvalue weighted by Crippen LogP contribution is -2.69. The smallest absolute Gasteiger partial charge is 0.255 e. The van der Waals surface area contributed by atoms with Gasteiger partial charge in [0.15, 0.2) is 0 Å². The Balaban J connectivity index is 2.04. The van der Waals surface area contributed by atoms with Crippen molar-refractivity contribution in [1.29, 1.82) is 0 Å². The van der Waals surface area contributed by atoms with Crippen molar-refractivity contribution >= 4 is 29.1 Å². The summed E-state index contributed by atoms with van der Waals surface area (Å²) in [6.07, 6.45) is 0.765. The molecule has 0 saturated heterocycles. The molecule has 1 amide bonds. The summed E-state index contributed by atoms with van der Waals surface area (Å²) < 4.78 is 5.12. The maximum atomic E-state index is 12.3. The van der Waals surface area contributed by atoms with Crippen molar-refractivity contribution in [3.05, 3.63) is 54.1 Å². The van der Waals surface area contributed by atoms with E-state index in [9.17, 15) is 14.7 Å². The fraction of sp³-hybridized carbons (Fsp3) is 0.211. The van der Waals surface area contributed by atoms with Crippen LogP contribution in [0.3, 0.4) is 0 Å². The number of nitrogens with one attached hydrogen (secondary N) is 2. The highest BCUT2D eigenvalue weighted by Crippen LogP contribution is 2.16. The van der Waals surface area contributed by atoms with E-state index in [0.717, 1.165) is 0 Å². The Labute approximate surface area is 151 Å². The highest BCUT2D eigenvalue weighted by Gasteiger charge is 2.08. The molecule has 0 atom stereocenters. The summed E-state index contributed by atoms with van der Waals surface area (Å²) in [6.45, 7) is 0. The second-order valence-corrected chi connectivity index (χ2v) is 5.64. The summed E-state index contributed by atoms with van der Waals surface area (Å²) in [4.78, 5) is 25.8. The van der Waals surface area contributed by atoms with Gasteiger partial charge in [-0.25, -0.2) is 4.99 Å². The first kappa shape index (κ1) is 19.0. The first-order valence-electron chi connectivity index (χ1n) is 8.11. The molecule has 4 N–H and O–H groups in total. The van der Waals surface area contributed by atoms with Crippen LogP contribution in [0.15, 0.2) is 48.5 Å². The normalized spacial score (nSPS) is 11.0. The zero-order valence-corrected chi connectivity index (χ0v) is 14.5. The molecule has 26 heavy (non-hydrogen) atoms. The van der Waals surface area contributed by atoms with Gasteiger partial charge < -0.3 is 20.0 Å². The third-order valence-electron chi connectivity index (χ3n) is 3.58.